The van der Waals surface area contributed by atoms with Crippen molar-refractivity contribution in [2.45, 2.75) is 40.0 Å². The van der Waals surface area contributed by atoms with Gasteiger partial charge in [-0.1, -0.05) is 27.4 Å². The normalized spacial score (nSPS) is 24.6. The summed E-state index contributed by atoms with van der Waals surface area (Å²) in [6.45, 7) is 13.4. The van der Waals surface area contributed by atoms with Gasteiger partial charge in [0, 0.05) is 18.8 Å². The molecule has 0 saturated carbocycles. The van der Waals surface area contributed by atoms with Crippen molar-refractivity contribution in [3.8, 4) is 0 Å². The fraction of sp³-hybridized carbons (Fsp3) is 0.833. The lowest BCUT2D eigenvalue weighted by molar-refractivity contribution is 0.322. The van der Waals surface area contributed by atoms with Crippen molar-refractivity contribution in [1.82, 2.24) is 4.90 Å². The smallest absolute Gasteiger partial charge is 0.0177 e. The molecule has 0 aromatic heterocycles. The van der Waals surface area contributed by atoms with E-state index in [-0.39, 0.29) is 0 Å². The third-order valence-corrected chi connectivity index (χ3v) is 3.09. The minimum Gasteiger partial charge on any atom is -0.375 e. The maximum atomic E-state index is 4.17. The monoisotopic (exact) mass is 181 g/mol. The predicted molar refractivity (Wildman–Crippen MR) is 58.6 cm³/mol. The molecule has 1 heteroatoms. The van der Waals surface area contributed by atoms with E-state index in [1.165, 1.54) is 38.0 Å². The highest BCUT2D eigenvalue weighted by molar-refractivity contribution is 4.97. The van der Waals surface area contributed by atoms with Crippen molar-refractivity contribution >= 4 is 0 Å². The van der Waals surface area contributed by atoms with Crippen molar-refractivity contribution in [1.29, 1.82) is 0 Å². The fourth-order valence-electron chi connectivity index (χ4n) is 1.92. The summed E-state index contributed by atoms with van der Waals surface area (Å²) in [5.41, 5.74) is 1.33. The van der Waals surface area contributed by atoms with Crippen LogP contribution in [0.15, 0.2) is 12.3 Å². The Hall–Kier alpha value is -0.460. The molecular formula is C12H23N. The molecule has 1 atom stereocenters. The molecule has 1 fully saturated rings. The Bertz CT molecular complexity index is 172. The van der Waals surface area contributed by atoms with Crippen molar-refractivity contribution in [3.63, 3.8) is 0 Å². The van der Waals surface area contributed by atoms with Gasteiger partial charge in [0.05, 0.1) is 0 Å². The molecule has 0 aromatic rings. The molecule has 13 heavy (non-hydrogen) atoms. The van der Waals surface area contributed by atoms with Crippen LogP contribution in [0, 0.1) is 11.8 Å². The van der Waals surface area contributed by atoms with Crippen LogP contribution in [0.2, 0.25) is 0 Å². The summed E-state index contributed by atoms with van der Waals surface area (Å²) in [5.74, 6) is 1.51. The van der Waals surface area contributed by atoms with Crippen LogP contribution in [-0.4, -0.2) is 18.0 Å². The average molecular weight is 181 g/mol. The fourth-order valence-corrected chi connectivity index (χ4v) is 1.92. The van der Waals surface area contributed by atoms with Gasteiger partial charge in [-0.05, 0) is 31.1 Å². The van der Waals surface area contributed by atoms with Crippen LogP contribution in [0.3, 0.4) is 0 Å². The van der Waals surface area contributed by atoms with Gasteiger partial charge in [0.1, 0.15) is 0 Å². The molecule has 76 valence electrons. The lowest BCUT2D eigenvalue weighted by Crippen LogP contribution is -2.26. The van der Waals surface area contributed by atoms with E-state index in [9.17, 15) is 0 Å². The number of hydrogen-bond donors (Lipinski definition) is 0. The second-order valence-electron chi connectivity index (χ2n) is 4.67. The van der Waals surface area contributed by atoms with Gasteiger partial charge < -0.3 is 4.90 Å². The molecule has 1 aliphatic rings. The van der Waals surface area contributed by atoms with Crippen LogP contribution < -0.4 is 0 Å². The Morgan fingerprint density at radius 2 is 2.00 bits per heavy atom. The van der Waals surface area contributed by atoms with Gasteiger partial charge in [0.2, 0.25) is 0 Å². The summed E-state index contributed by atoms with van der Waals surface area (Å²) in [5, 5.41) is 0. The summed E-state index contributed by atoms with van der Waals surface area (Å²) in [4.78, 5) is 2.48. The minimum absolute atomic E-state index is 0.605. The quantitative estimate of drug-likeness (QED) is 0.632. The second-order valence-corrected chi connectivity index (χ2v) is 4.67. The minimum atomic E-state index is 0.605. The van der Waals surface area contributed by atoms with E-state index in [0.717, 1.165) is 5.92 Å². The largest absolute Gasteiger partial charge is 0.375 e. The summed E-state index contributed by atoms with van der Waals surface area (Å²) < 4.78 is 0. The molecule has 0 radical (unpaired) electrons. The first-order valence-corrected chi connectivity index (χ1v) is 5.55. The van der Waals surface area contributed by atoms with Gasteiger partial charge in [-0.15, -0.1) is 0 Å². The molecule has 1 aliphatic heterocycles. The van der Waals surface area contributed by atoms with Crippen LogP contribution in [0.1, 0.15) is 40.0 Å². The van der Waals surface area contributed by atoms with Crippen LogP contribution >= 0.6 is 0 Å². The van der Waals surface area contributed by atoms with Gasteiger partial charge in [-0.3, -0.25) is 0 Å². The molecule has 1 heterocycles. The summed E-state index contributed by atoms with van der Waals surface area (Å²) in [6, 6.07) is 0. The third kappa shape index (κ3) is 3.06. The zero-order chi connectivity index (χ0) is 9.84. The number of allylic oxidation sites excluding steroid dienone is 1. The first-order valence-electron chi connectivity index (χ1n) is 5.55. The van der Waals surface area contributed by atoms with Gasteiger partial charge in [-0.2, -0.15) is 0 Å². The first-order chi connectivity index (χ1) is 6.11. The summed E-state index contributed by atoms with van der Waals surface area (Å²) in [6.07, 6.45) is 4.07. The van der Waals surface area contributed by atoms with Gasteiger partial charge in [0.15, 0.2) is 0 Å². The van der Waals surface area contributed by atoms with Crippen LogP contribution in [0.5, 0.6) is 0 Å². The van der Waals surface area contributed by atoms with Crippen molar-refractivity contribution in [2.24, 2.45) is 11.8 Å². The molecule has 0 spiro atoms. The van der Waals surface area contributed by atoms with E-state index in [1.54, 1.807) is 0 Å². The van der Waals surface area contributed by atoms with Crippen molar-refractivity contribution in [3.05, 3.63) is 12.3 Å². The number of likely N-dealkylation sites (tertiary alicyclic amines) is 1. The average Bonchev–Trinajstić information content (AvgIpc) is 2.28. The van der Waals surface area contributed by atoms with E-state index in [4.69, 9.17) is 0 Å². The Labute approximate surface area is 82.8 Å². The maximum Gasteiger partial charge on any atom is 0.0177 e. The van der Waals surface area contributed by atoms with Crippen LogP contribution in [-0.2, 0) is 0 Å². The van der Waals surface area contributed by atoms with E-state index in [0.29, 0.717) is 5.92 Å². The molecule has 0 aromatic carbocycles. The van der Waals surface area contributed by atoms with Gasteiger partial charge >= 0.3 is 0 Å². The molecular weight excluding hydrogens is 158 g/mol. The molecule has 1 saturated heterocycles. The first kappa shape index (κ1) is 10.6. The molecule has 0 amide bonds. The van der Waals surface area contributed by atoms with E-state index >= 15 is 0 Å². The highest BCUT2D eigenvalue weighted by Crippen LogP contribution is 2.21. The topological polar surface area (TPSA) is 3.24 Å². The lowest BCUT2D eigenvalue weighted by Gasteiger charge is -2.27. The molecule has 0 N–H and O–H groups in total. The zero-order valence-electron chi connectivity index (χ0n) is 9.34. The van der Waals surface area contributed by atoms with Gasteiger partial charge in [-0.25, -0.2) is 0 Å². The summed E-state index contributed by atoms with van der Waals surface area (Å²) >= 11 is 0. The summed E-state index contributed by atoms with van der Waals surface area (Å²) in [7, 11) is 0. The van der Waals surface area contributed by atoms with Crippen molar-refractivity contribution in [2.75, 3.05) is 13.1 Å². The standard InChI is InChI=1S/C12H23N/c1-10(2)12(4)13-8-5-6-11(3)7-9-13/h10-11H,4-9H2,1-3H3. The Morgan fingerprint density at radius 3 is 2.62 bits per heavy atom. The highest BCUT2D eigenvalue weighted by Gasteiger charge is 2.15. The van der Waals surface area contributed by atoms with Crippen molar-refractivity contribution < 1.29 is 0 Å². The Kier molecular flexibility index (Phi) is 3.83. The molecule has 0 bridgehead atoms. The Balaban J connectivity index is 2.46. The molecule has 1 nitrogen and oxygen atoms in total. The molecule has 1 unspecified atom stereocenters. The Morgan fingerprint density at radius 1 is 1.31 bits per heavy atom. The number of hydrogen-bond acceptors (Lipinski definition) is 1. The highest BCUT2D eigenvalue weighted by atomic mass is 15.1. The molecule has 1 rings (SSSR count). The van der Waals surface area contributed by atoms with E-state index in [1.807, 2.05) is 0 Å². The van der Waals surface area contributed by atoms with Crippen LogP contribution in [0.4, 0.5) is 0 Å². The maximum absolute atomic E-state index is 4.17. The van der Waals surface area contributed by atoms with E-state index < -0.39 is 0 Å². The zero-order valence-corrected chi connectivity index (χ0v) is 9.34. The number of nitrogens with zero attached hydrogens (tertiary/aromatic N) is 1. The molecule has 0 aliphatic carbocycles. The number of rotatable bonds is 2. The SMILES string of the molecule is C=C(C(C)C)N1CCCC(C)CC1. The predicted octanol–water partition coefficient (Wildman–Crippen LogP) is 3.28. The van der Waals surface area contributed by atoms with E-state index in [2.05, 4.69) is 32.3 Å². The second kappa shape index (κ2) is 4.69. The lowest BCUT2D eigenvalue weighted by atomic mass is 10.0. The third-order valence-electron chi connectivity index (χ3n) is 3.09. The van der Waals surface area contributed by atoms with Crippen LogP contribution in [0.25, 0.3) is 0 Å². The van der Waals surface area contributed by atoms with Gasteiger partial charge in [0.25, 0.3) is 0 Å².